The lowest BCUT2D eigenvalue weighted by Crippen LogP contribution is -2.16. The van der Waals surface area contributed by atoms with Gasteiger partial charge in [-0.2, -0.15) is 0 Å². The fourth-order valence-corrected chi connectivity index (χ4v) is 4.07. The molecule has 0 atom stereocenters. The van der Waals surface area contributed by atoms with E-state index in [1.807, 2.05) is 47.9 Å². The highest BCUT2D eigenvalue weighted by atomic mass is 32.2. The molecule has 2 aromatic carbocycles. The van der Waals surface area contributed by atoms with Crippen molar-refractivity contribution in [1.29, 1.82) is 0 Å². The van der Waals surface area contributed by atoms with Crippen LogP contribution in [-0.4, -0.2) is 32.2 Å². The van der Waals surface area contributed by atoms with Crippen LogP contribution in [0.2, 0.25) is 0 Å². The molecule has 2 heterocycles. The maximum absolute atomic E-state index is 12.6. The number of carbonyl (C=O) groups excluding carboxylic acids is 2. The first-order valence-electron chi connectivity index (χ1n) is 10.1. The van der Waals surface area contributed by atoms with Crippen LogP contribution in [0.3, 0.4) is 0 Å². The molecule has 0 fully saturated rings. The predicted molar refractivity (Wildman–Crippen MR) is 124 cm³/mol. The van der Waals surface area contributed by atoms with Crippen molar-refractivity contribution in [2.75, 3.05) is 11.1 Å². The second-order valence-corrected chi connectivity index (χ2v) is 8.15. The predicted octanol–water partition coefficient (Wildman–Crippen LogP) is 4.83. The summed E-state index contributed by atoms with van der Waals surface area (Å²) in [5.41, 5.74) is 2.94. The molecule has 32 heavy (non-hydrogen) atoms. The Morgan fingerprint density at radius 2 is 1.78 bits per heavy atom. The summed E-state index contributed by atoms with van der Waals surface area (Å²) in [6.07, 6.45) is 1.62. The number of ketones is 1. The molecule has 0 aliphatic heterocycles. The number of aromatic nitrogens is 3. The van der Waals surface area contributed by atoms with Crippen LogP contribution < -0.4 is 5.32 Å². The van der Waals surface area contributed by atoms with Crippen LogP contribution in [0.4, 0.5) is 5.69 Å². The van der Waals surface area contributed by atoms with E-state index in [9.17, 15) is 9.59 Å². The number of anilines is 1. The van der Waals surface area contributed by atoms with Gasteiger partial charge in [-0.25, -0.2) is 0 Å². The smallest absolute Gasteiger partial charge is 0.234 e. The zero-order chi connectivity index (χ0) is 22.5. The van der Waals surface area contributed by atoms with E-state index in [2.05, 4.69) is 15.5 Å². The van der Waals surface area contributed by atoms with Gasteiger partial charge in [0.15, 0.2) is 16.8 Å². The van der Waals surface area contributed by atoms with E-state index >= 15 is 0 Å². The van der Waals surface area contributed by atoms with Gasteiger partial charge < -0.3 is 9.73 Å². The largest absolute Gasteiger partial charge is 0.469 e. The molecule has 0 bridgehead atoms. The SMILES string of the molecule is CC(=O)c1ccccc1NC(=O)CSc1nnc(-c2ccoc2C)n1Cc1ccccc1. The topological polar surface area (TPSA) is 90.0 Å². The number of hydrogen-bond donors (Lipinski definition) is 1. The van der Waals surface area contributed by atoms with Crippen molar-refractivity contribution in [3.05, 3.63) is 83.8 Å². The van der Waals surface area contributed by atoms with Crippen molar-refractivity contribution in [2.24, 2.45) is 0 Å². The number of benzene rings is 2. The zero-order valence-corrected chi connectivity index (χ0v) is 18.6. The van der Waals surface area contributed by atoms with Gasteiger partial charge in [0.05, 0.1) is 29.8 Å². The number of furan rings is 1. The molecule has 0 aliphatic rings. The molecule has 8 heteroatoms. The highest BCUT2D eigenvalue weighted by Crippen LogP contribution is 2.28. The Hall–Kier alpha value is -3.65. The average Bonchev–Trinajstić information content (AvgIpc) is 3.38. The summed E-state index contributed by atoms with van der Waals surface area (Å²) in [6.45, 7) is 3.92. The second kappa shape index (κ2) is 9.65. The summed E-state index contributed by atoms with van der Waals surface area (Å²) >= 11 is 1.29. The number of amides is 1. The standard InChI is InChI=1S/C24H22N4O3S/c1-16(29)19-10-6-7-11-21(19)25-22(30)15-32-24-27-26-23(20-12-13-31-17(20)2)28(24)14-18-8-4-3-5-9-18/h3-13H,14-15H2,1-2H3,(H,25,30). The molecule has 1 amide bonds. The number of rotatable bonds is 8. The molecular formula is C24H22N4O3S. The molecule has 2 aromatic heterocycles. The van der Waals surface area contributed by atoms with Gasteiger partial charge in [-0.1, -0.05) is 54.2 Å². The molecular weight excluding hydrogens is 424 g/mol. The Bertz CT molecular complexity index is 1250. The minimum absolute atomic E-state index is 0.101. The zero-order valence-electron chi connectivity index (χ0n) is 17.7. The number of carbonyl (C=O) groups is 2. The third-order valence-electron chi connectivity index (χ3n) is 4.91. The second-order valence-electron chi connectivity index (χ2n) is 7.21. The highest BCUT2D eigenvalue weighted by Gasteiger charge is 2.19. The van der Waals surface area contributed by atoms with E-state index in [4.69, 9.17) is 4.42 Å². The first-order chi connectivity index (χ1) is 15.5. The summed E-state index contributed by atoms with van der Waals surface area (Å²) in [5.74, 6) is 1.24. The van der Waals surface area contributed by atoms with E-state index in [1.165, 1.54) is 18.7 Å². The van der Waals surface area contributed by atoms with Crippen LogP contribution in [0, 0.1) is 6.92 Å². The number of thioether (sulfide) groups is 1. The Kier molecular flexibility index (Phi) is 6.51. The molecule has 7 nitrogen and oxygen atoms in total. The van der Waals surface area contributed by atoms with Crippen LogP contribution in [-0.2, 0) is 11.3 Å². The average molecular weight is 447 g/mol. The third-order valence-corrected chi connectivity index (χ3v) is 5.88. The summed E-state index contributed by atoms with van der Waals surface area (Å²) in [6, 6.07) is 18.8. The van der Waals surface area contributed by atoms with E-state index < -0.39 is 0 Å². The summed E-state index contributed by atoms with van der Waals surface area (Å²) < 4.78 is 7.43. The molecule has 162 valence electrons. The van der Waals surface area contributed by atoms with E-state index in [-0.39, 0.29) is 17.4 Å². The number of para-hydroxylation sites is 1. The van der Waals surface area contributed by atoms with Crippen molar-refractivity contribution >= 4 is 29.1 Å². The van der Waals surface area contributed by atoms with Crippen LogP contribution in [0.25, 0.3) is 11.4 Å². The Morgan fingerprint density at radius 3 is 2.50 bits per heavy atom. The van der Waals surface area contributed by atoms with Gasteiger partial charge in [-0.05, 0) is 37.6 Å². The molecule has 0 saturated heterocycles. The van der Waals surface area contributed by atoms with Crippen molar-refractivity contribution in [3.63, 3.8) is 0 Å². The molecule has 0 unspecified atom stereocenters. The van der Waals surface area contributed by atoms with Crippen LogP contribution >= 0.6 is 11.8 Å². The van der Waals surface area contributed by atoms with Crippen LogP contribution in [0.1, 0.15) is 28.6 Å². The lowest BCUT2D eigenvalue weighted by atomic mass is 10.1. The summed E-state index contributed by atoms with van der Waals surface area (Å²) in [5, 5.41) is 12.2. The molecule has 0 radical (unpaired) electrons. The number of Topliss-reactive ketones (excluding diaryl/α,β-unsaturated/α-hetero) is 1. The molecule has 0 spiro atoms. The first kappa shape index (κ1) is 21.6. The van der Waals surface area contributed by atoms with Crippen LogP contribution in [0.15, 0.2) is 76.5 Å². The Morgan fingerprint density at radius 1 is 1.03 bits per heavy atom. The van der Waals surface area contributed by atoms with Crippen LogP contribution in [0.5, 0.6) is 0 Å². The van der Waals surface area contributed by atoms with Gasteiger partial charge in [0, 0.05) is 5.56 Å². The lowest BCUT2D eigenvalue weighted by Gasteiger charge is -2.11. The van der Waals surface area contributed by atoms with Gasteiger partial charge in [-0.15, -0.1) is 10.2 Å². The minimum Gasteiger partial charge on any atom is -0.469 e. The summed E-state index contributed by atoms with van der Waals surface area (Å²) in [7, 11) is 0. The van der Waals surface area contributed by atoms with Gasteiger partial charge in [-0.3, -0.25) is 14.2 Å². The maximum atomic E-state index is 12.6. The monoisotopic (exact) mass is 446 g/mol. The quantitative estimate of drug-likeness (QED) is 0.308. The molecule has 4 rings (SSSR count). The number of hydrogen-bond acceptors (Lipinski definition) is 6. The first-order valence-corrected chi connectivity index (χ1v) is 11.1. The van der Waals surface area contributed by atoms with Gasteiger partial charge in [0.1, 0.15) is 5.76 Å². The van der Waals surface area contributed by atoms with Gasteiger partial charge in [0.2, 0.25) is 5.91 Å². The Labute approximate surface area is 189 Å². The number of nitrogens with one attached hydrogen (secondary N) is 1. The molecule has 0 aliphatic carbocycles. The van der Waals surface area contributed by atoms with Crippen molar-refractivity contribution < 1.29 is 14.0 Å². The number of nitrogens with zero attached hydrogens (tertiary/aromatic N) is 3. The van der Waals surface area contributed by atoms with Crippen molar-refractivity contribution in [1.82, 2.24) is 14.8 Å². The lowest BCUT2D eigenvalue weighted by molar-refractivity contribution is -0.113. The van der Waals surface area contributed by atoms with Crippen molar-refractivity contribution in [3.8, 4) is 11.4 Å². The highest BCUT2D eigenvalue weighted by molar-refractivity contribution is 7.99. The van der Waals surface area contributed by atoms with E-state index in [0.717, 1.165) is 16.9 Å². The normalized spacial score (nSPS) is 10.8. The number of aryl methyl sites for hydroxylation is 1. The molecule has 4 aromatic rings. The van der Waals surface area contributed by atoms with Gasteiger partial charge in [0.25, 0.3) is 0 Å². The Balaban J connectivity index is 1.55. The minimum atomic E-state index is -0.223. The van der Waals surface area contributed by atoms with Crippen molar-refractivity contribution in [2.45, 2.75) is 25.5 Å². The fraction of sp³-hybridized carbons (Fsp3) is 0.167. The van der Waals surface area contributed by atoms with Gasteiger partial charge >= 0.3 is 0 Å². The van der Waals surface area contributed by atoms with E-state index in [0.29, 0.717) is 28.8 Å². The summed E-state index contributed by atoms with van der Waals surface area (Å²) in [4.78, 5) is 24.4. The van der Waals surface area contributed by atoms with E-state index in [1.54, 1.807) is 30.5 Å². The molecule has 1 N–H and O–H groups in total. The molecule has 0 saturated carbocycles. The third kappa shape index (κ3) is 4.81. The maximum Gasteiger partial charge on any atom is 0.234 e. The fourth-order valence-electron chi connectivity index (χ4n) is 3.34.